The summed E-state index contributed by atoms with van der Waals surface area (Å²) in [5, 5.41) is 17.4. The second-order valence-electron chi connectivity index (χ2n) is 7.63. The first-order chi connectivity index (χ1) is 16.5. The number of hydrogen-bond donors (Lipinski definition) is 1. The first-order valence-electron chi connectivity index (χ1n) is 10.7. The monoisotopic (exact) mass is 489 g/mol. The zero-order valence-corrected chi connectivity index (χ0v) is 20.0. The number of aryl methyl sites for hydroxylation is 2. The van der Waals surface area contributed by atoms with Crippen molar-refractivity contribution < 1.29 is 9.21 Å². The molecule has 0 aliphatic heterocycles. The quantitative estimate of drug-likeness (QED) is 0.283. The molecule has 2 aromatic carbocycles. The van der Waals surface area contributed by atoms with Gasteiger partial charge in [0.05, 0.1) is 0 Å². The highest BCUT2D eigenvalue weighted by Gasteiger charge is 2.13. The highest BCUT2D eigenvalue weighted by atomic mass is 35.5. The zero-order chi connectivity index (χ0) is 23.7. The molecular weight excluding hydrogens is 470 g/mol. The lowest BCUT2D eigenvalue weighted by atomic mass is 10.1. The van der Waals surface area contributed by atoms with Gasteiger partial charge < -0.3 is 9.73 Å². The SMILES string of the molecule is CCc1nnc2sc(-c3ccc(C)c(NC(=O)/C=C/c4ccc(-c5ccc(Cl)cc5)o4)c3)nn12. The van der Waals surface area contributed by atoms with E-state index in [0.717, 1.165) is 44.6 Å². The van der Waals surface area contributed by atoms with E-state index < -0.39 is 0 Å². The lowest BCUT2D eigenvalue weighted by molar-refractivity contribution is -0.111. The first kappa shape index (κ1) is 22.1. The highest BCUT2D eigenvalue weighted by molar-refractivity contribution is 7.19. The van der Waals surface area contributed by atoms with Crippen LogP contribution in [-0.4, -0.2) is 25.7 Å². The van der Waals surface area contributed by atoms with E-state index in [1.165, 1.54) is 17.4 Å². The number of fused-ring (bicyclic) bond motifs is 1. The Labute approximate surface area is 204 Å². The Balaban J connectivity index is 1.31. The number of halogens is 1. The molecule has 0 radical (unpaired) electrons. The van der Waals surface area contributed by atoms with Crippen LogP contribution >= 0.6 is 22.9 Å². The van der Waals surface area contributed by atoms with Crippen molar-refractivity contribution in [3.05, 3.63) is 82.8 Å². The van der Waals surface area contributed by atoms with E-state index in [0.29, 0.717) is 16.5 Å². The second kappa shape index (κ2) is 9.24. The number of carbonyl (C=O) groups excluding carboxylic acids is 1. The van der Waals surface area contributed by atoms with Gasteiger partial charge in [0.25, 0.3) is 0 Å². The number of carbonyl (C=O) groups is 1. The summed E-state index contributed by atoms with van der Waals surface area (Å²) in [5.41, 5.74) is 3.49. The maximum Gasteiger partial charge on any atom is 0.248 e. The summed E-state index contributed by atoms with van der Waals surface area (Å²) in [6.45, 7) is 3.96. The molecule has 3 heterocycles. The molecular formula is C25H20ClN5O2S. The van der Waals surface area contributed by atoms with Crippen LogP contribution in [0.3, 0.4) is 0 Å². The summed E-state index contributed by atoms with van der Waals surface area (Å²) in [6, 6.07) is 16.9. The molecule has 5 rings (SSSR count). The van der Waals surface area contributed by atoms with Gasteiger partial charge in [-0.3, -0.25) is 4.79 Å². The predicted molar refractivity (Wildman–Crippen MR) is 135 cm³/mol. The van der Waals surface area contributed by atoms with E-state index in [1.807, 2.05) is 68.4 Å². The van der Waals surface area contributed by atoms with Gasteiger partial charge in [-0.2, -0.15) is 9.61 Å². The average molecular weight is 490 g/mol. The summed E-state index contributed by atoms with van der Waals surface area (Å²) in [4.78, 5) is 13.3. The molecule has 5 aromatic rings. The molecule has 0 bridgehead atoms. The van der Waals surface area contributed by atoms with Gasteiger partial charge in [0, 0.05) is 34.3 Å². The number of benzene rings is 2. The van der Waals surface area contributed by atoms with Gasteiger partial charge in [-0.25, -0.2) is 0 Å². The summed E-state index contributed by atoms with van der Waals surface area (Å²) in [7, 11) is 0. The standard InChI is InChI=1S/C25H20ClN5O2S/c1-3-22-28-29-25-31(22)30-24(34-25)17-5-4-15(2)20(14-17)27-23(32)13-11-19-10-12-21(33-19)16-6-8-18(26)9-7-16/h4-14H,3H2,1-2H3,(H,27,32)/b13-11+. The lowest BCUT2D eigenvalue weighted by Crippen LogP contribution is -2.09. The molecule has 0 saturated heterocycles. The van der Waals surface area contributed by atoms with E-state index in [4.69, 9.17) is 16.0 Å². The Morgan fingerprint density at radius 3 is 2.71 bits per heavy atom. The van der Waals surface area contributed by atoms with Crippen molar-refractivity contribution in [2.24, 2.45) is 0 Å². The van der Waals surface area contributed by atoms with E-state index in [9.17, 15) is 4.79 Å². The van der Waals surface area contributed by atoms with E-state index in [2.05, 4.69) is 20.6 Å². The largest absolute Gasteiger partial charge is 0.457 e. The number of aromatic nitrogens is 4. The zero-order valence-electron chi connectivity index (χ0n) is 18.4. The summed E-state index contributed by atoms with van der Waals surface area (Å²) in [5.74, 6) is 1.85. The maximum absolute atomic E-state index is 12.6. The van der Waals surface area contributed by atoms with Crippen LogP contribution < -0.4 is 5.32 Å². The molecule has 3 aromatic heterocycles. The lowest BCUT2D eigenvalue weighted by Gasteiger charge is -2.08. The molecule has 170 valence electrons. The van der Waals surface area contributed by atoms with Crippen molar-refractivity contribution >= 4 is 45.6 Å². The fraction of sp³-hybridized carbons (Fsp3) is 0.120. The number of nitrogens with zero attached hydrogens (tertiary/aromatic N) is 4. The Hall–Kier alpha value is -3.75. The van der Waals surface area contributed by atoms with Crippen LogP contribution in [0.4, 0.5) is 5.69 Å². The summed E-state index contributed by atoms with van der Waals surface area (Å²) >= 11 is 7.40. The Bertz CT molecular complexity index is 1510. The van der Waals surface area contributed by atoms with E-state index in [-0.39, 0.29) is 5.91 Å². The average Bonchev–Trinajstić information content (AvgIpc) is 3.56. The third-order valence-electron chi connectivity index (χ3n) is 5.27. The minimum absolute atomic E-state index is 0.254. The second-order valence-corrected chi connectivity index (χ2v) is 9.02. The van der Waals surface area contributed by atoms with Gasteiger partial charge in [0.15, 0.2) is 5.82 Å². The van der Waals surface area contributed by atoms with Crippen molar-refractivity contribution in [3.63, 3.8) is 0 Å². The molecule has 0 fully saturated rings. The van der Waals surface area contributed by atoms with Crippen LogP contribution in [0.5, 0.6) is 0 Å². The van der Waals surface area contributed by atoms with Crippen LogP contribution in [0.1, 0.15) is 24.1 Å². The van der Waals surface area contributed by atoms with E-state index >= 15 is 0 Å². The molecule has 34 heavy (non-hydrogen) atoms. The molecule has 0 spiro atoms. The highest BCUT2D eigenvalue weighted by Crippen LogP contribution is 2.29. The number of furan rings is 1. The van der Waals surface area contributed by atoms with E-state index in [1.54, 1.807) is 10.6 Å². The molecule has 0 atom stereocenters. The third-order valence-corrected chi connectivity index (χ3v) is 6.47. The number of nitrogens with one attached hydrogen (secondary N) is 1. The normalized spacial score (nSPS) is 11.5. The Kier molecular flexibility index (Phi) is 6.00. The fourth-order valence-electron chi connectivity index (χ4n) is 3.43. The fourth-order valence-corrected chi connectivity index (χ4v) is 4.41. The molecule has 9 heteroatoms. The molecule has 0 aliphatic carbocycles. The molecule has 1 amide bonds. The molecule has 0 saturated carbocycles. The van der Waals surface area contributed by atoms with Gasteiger partial charge in [-0.1, -0.05) is 42.0 Å². The van der Waals surface area contributed by atoms with Crippen LogP contribution in [0.25, 0.3) is 32.9 Å². The molecule has 0 aliphatic rings. The van der Waals surface area contributed by atoms with Crippen molar-refractivity contribution in [2.75, 3.05) is 5.32 Å². The summed E-state index contributed by atoms with van der Waals surface area (Å²) in [6.07, 6.45) is 3.85. The summed E-state index contributed by atoms with van der Waals surface area (Å²) < 4.78 is 7.59. The van der Waals surface area contributed by atoms with Crippen molar-refractivity contribution in [1.29, 1.82) is 0 Å². The number of hydrogen-bond acceptors (Lipinski definition) is 6. The maximum atomic E-state index is 12.6. The smallest absolute Gasteiger partial charge is 0.248 e. The minimum Gasteiger partial charge on any atom is -0.457 e. The van der Waals surface area contributed by atoms with Crippen molar-refractivity contribution in [1.82, 2.24) is 19.8 Å². The number of rotatable bonds is 6. The van der Waals surface area contributed by atoms with Crippen LogP contribution in [0, 0.1) is 6.92 Å². The molecule has 0 unspecified atom stereocenters. The molecule has 1 N–H and O–H groups in total. The van der Waals surface area contributed by atoms with Gasteiger partial charge >= 0.3 is 0 Å². The van der Waals surface area contributed by atoms with Gasteiger partial charge in [0.2, 0.25) is 10.9 Å². The van der Waals surface area contributed by atoms with Gasteiger partial charge in [0.1, 0.15) is 16.5 Å². The topological polar surface area (TPSA) is 85.3 Å². The van der Waals surface area contributed by atoms with Crippen molar-refractivity contribution in [3.8, 4) is 21.9 Å². The van der Waals surface area contributed by atoms with Crippen LogP contribution in [0.15, 0.2) is 65.1 Å². The number of anilines is 1. The van der Waals surface area contributed by atoms with Gasteiger partial charge in [-0.05, 0) is 61.0 Å². The van der Waals surface area contributed by atoms with Crippen LogP contribution in [-0.2, 0) is 11.2 Å². The van der Waals surface area contributed by atoms with Crippen LogP contribution in [0.2, 0.25) is 5.02 Å². The Morgan fingerprint density at radius 2 is 1.91 bits per heavy atom. The van der Waals surface area contributed by atoms with Crippen molar-refractivity contribution in [2.45, 2.75) is 20.3 Å². The molecule has 7 nitrogen and oxygen atoms in total. The first-order valence-corrected chi connectivity index (χ1v) is 11.9. The predicted octanol–water partition coefficient (Wildman–Crippen LogP) is 6.29. The Morgan fingerprint density at radius 1 is 1.12 bits per heavy atom. The number of amides is 1. The minimum atomic E-state index is -0.254. The van der Waals surface area contributed by atoms with Gasteiger partial charge in [-0.15, -0.1) is 10.2 Å². The third kappa shape index (κ3) is 4.50.